The van der Waals surface area contributed by atoms with Crippen molar-refractivity contribution in [2.24, 2.45) is 13.0 Å². The van der Waals surface area contributed by atoms with E-state index in [1.807, 2.05) is 17.9 Å². The second kappa shape index (κ2) is 5.84. The molecule has 25 heavy (non-hydrogen) atoms. The summed E-state index contributed by atoms with van der Waals surface area (Å²) < 4.78 is 9.30. The molecule has 7 heteroatoms. The maximum absolute atomic E-state index is 5.20. The zero-order valence-electron chi connectivity index (χ0n) is 14.4. The molecule has 1 aliphatic heterocycles. The molecule has 1 aliphatic carbocycles. The number of fused-ring (bicyclic) bond motifs is 1. The van der Waals surface area contributed by atoms with Gasteiger partial charge in [0.2, 0.25) is 0 Å². The van der Waals surface area contributed by atoms with Gasteiger partial charge in [0.05, 0.1) is 6.20 Å². The molecule has 0 radical (unpaired) electrons. The highest BCUT2D eigenvalue weighted by Gasteiger charge is 2.30. The number of nitrogens with zero attached hydrogens (tertiary/aromatic N) is 6. The lowest BCUT2D eigenvalue weighted by Gasteiger charge is -2.27. The van der Waals surface area contributed by atoms with Crippen LogP contribution in [0.15, 0.2) is 29.5 Å². The Morgan fingerprint density at radius 2 is 2.24 bits per heavy atom. The quantitative estimate of drug-likeness (QED) is 0.714. The highest BCUT2D eigenvalue weighted by Crippen LogP contribution is 2.34. The van der Waals surface area contributed by atoms with Crippen molar-refractivity contribution in [2.45, 2.75) is 38.9 Å². The average molecular weight is 338 g/mol. The van der Waals surface area contributed by atoms with Crippen LogP contribution in [-0.4, -0.2) is 36.0 Å². The van der Waals surface area contributed by atoms with Gasteiger partial charge >= 0.3 is 0 Å². The fourth-order valence-electron chi connectivity index (χ4n) is 3.72. The van der Waals surface area contributed by atoms with Crippen LogP contribution in [0.3, 0.4) is 0 Å². The summed E-state index contributed by atoms with van der Waals surface area (Å²) >= 11 is 0. The van der Waals surface area contributed by atoms with Crippen LogP contribution in [0.1, 0.15) is 29.7 Å². The molecule has 0 saturated heterocycles. The molecule has 0 aromatic carbocycles. The Kier molecular flexibility index (Phi) is 3.48. The van der Waals surface area contributed by atoms with E-state index in [0.717, 1.165) is 49.9 Å². The van der Waals surface area contributed by atoms with Gasteiger partial charge in [-0.15, -0.1) is 0 Å². The predicted molar refractivity (Wildman–Crippen MR) is 91.5 cm³/mol. The van der Waals surface area contributed by atoms with Crippen molar-refractivity contribution in [1.82, 2.24) is 29.4 Å². The van der Waals surface area contributed by atoms with Crippen molar-refractivity contribution >= 4 is 0 Å². The molecule has 0 bridgehead atoms. The summed E-state index contributed by atoms with van der Waals surface area (Å²) in [5.41, 5.74) is 5.77. The van der Waals surface area contributed by atoms with Gasteiger partial charge in [-0.05, 0) is 18.8 Å². The lowest BCUT2D eigenvalue weighted by Crippen LogP contribution is -2.30. The zero-order valence-corrected chi connectivity index (χ0v) is 14.4. The number of oxazole rings is 1. The molecular weight excluding hydrogens is 316 g/mol. The van der Waals surface area contributed by atoms with Crippen LogP contribution >= 0.6 is 0 Å². The van der Waals surface area contributed by atoms with E-state index in [2.05, 4.69) is 25.9 Å². The Bertz CT molecular complexity index is 874. The molecule has 3 aromatic rings. The summed E-state index contributed by atoms with van der Waals surface area (Å²) in [5.74, 6) is 0.808. The highest BCUT2D eigenvalue weighted by atomic mass is 16.3. The number of rotatable bonds is 5. The van der Waals surface area contributed by atoms with E-state index in [0.29, 0.717) is 0 Å². The van der Waals surface area contributed by atoms with Crippen LogP contribution in [-0.2, 0) is 33.1 Å². The molecule has 7 nitrogen and oxygen atoms in total. The molecular formula is C18H22N6O. The van der Waals surface area contributed by atoms with Gasteiger partial charge in [-0.1, -0.05) is 0 Å². The first-order valence-electron chi connectivity index (χ1n) is 8.93. The van der Waals surface area contributed by atoms with E-state index in [9.17, 15) is 0 Å². The minimum absolute atomic E-state index is 0.808. The Morgan fingerprint density at radius 1 is 1.32 bits per heavy atom. The number of aromatic nitrogens is 5. The smallest absolute Gasteiger partial charge is 0.181 e. The van der Waals surface area contributed by atoms with E-state index in [1.165, 1.54) is 36.1 Å². The maximum Gasteiger partial charge on any atom is 0.181 e. The predicted octanol–water partition coefficient (Wildman–Crippen LogP) is 2.24. The van der Waals surface area contributed by atoms with Gasteiger partial charge in [-0.3, -0.25) is 14.3 Å². The van der Waals surface area contributed by atoms with Gasteiger partial charge in [-0.2, -0.15) is 10.2 Å². The van der Waals surface area contributed by atoms with Crippen LogP contribution in [0, 0.1) is 5.92 Å². The summed E-state index contributed by atoms with van der Waals surface area (Å²) in [4.78, 5) is 6.81. The van der Waals surface area contributed by atoms with Gasteiger partial charge in [0.1, 0.15) is 17.7 Å². The molecule has 1 saturated carbocycles. The normalized spacial score (nSPS) is 17.8. The van der Waals surface area contributed by atoms with E-state index in [4.69, 9.17) is 9.52 Å². The first-order valence-corrected chi connectivity index (χ1v) is 8.93. The second-order valence-electron chi connectivity index (χ2n) is 7.26. The molecule has 5 rings (SSSR count). The van der Waals surface area contributed by atoms with Gasteiger partial charge in [-0.25, -0.2) is 4.98 Å². The third kappa shape index (κ3) is 2.89. The minimum atomic E-state index is 0.808. The van der Waals surface area contributed by atoms with Crippen LogP contribution < -0.4 is 0 Å². The topological polar surface area (TPSA) is 64.9 Å². The van der Waals surface area contributed by atoms with Crippen molar-refractivity contribution < 1.29 is 4.42 Å². The van der Waals surface area contributed by atoms with Crippen molar-refractivity contribution in [3.63, 3.8) is 0 Å². The molecule has 1 fully saturated rings. The molecule has 0 atom stereocenters. The van der Waals surface area contributed by atoms with Crippen LogP contribution in [0.4, 0.5) is 0 Å². The summed E-state index contributed by atoms with van der Waals surface area (Å²) in [6.45, 7) is 3.91. The van der Waals surface area contributed by atoms with Gasteiger partial charge < -0.3 is 4.42 Å². The number of hydrogen-bond acceptors (Lipinski definition) is 5. The van der Waals surface area contributed by atoms with Crippen molar-refractivity contribution in [2.75, 3.05) is 6.54 Å². The minimum Gasteiger partial charge on any atom is -0.451 e. The lowest BCUT2D eigenvalue weighted by atomic mass is 10.0. The van der Waals surface area contributed by atoms with Crippen LogP contribution in [0.25, 0.3) is 11.4 Å². The molecule has 2 aliphatic rings. The first-order chi connectivity index (χ1) is 12.3. The summed E-state index contributed by atoms with van der Waals surface area (Å²) in [7, 11) is 1.96. The standard InChI is InChI=1S/C18H22N6O/c1-22-7-14(6-20-22)8-23-5-4-17-15(10-23)18(16-11-25-12-19-16)21-24(17)9-13-2-3-13/h6-7,11-13H,2-5,8-10H2,1H3. The molecule has 4 heterocycles. The molecule has 0 spiro atoms. The van der Waals surface area contributed by atoms with Gasteiger partial charge in [0, 0.05) is 62.7 Å². The van der Waals surface area contributed by atoms with E-state index >= 15 is 0 Å². The summed E-state index contributed by atoms with van der Waals surface area (Å²) in [5, 5.41) is 9.19. The largest absolute Gasteiger partial charge is 0.451 e. The van der Waals surface area contributed by atoms with Gasteiger partial charge in [0.15, 0.2) is 6.39 Å². The Balaban J connectivity index is 1.45. The lowest BCUT2D eigenvalue weighted by molar-refractivity contribution is 0.242. The summed E-state index contributed by atoms with van der Waals surface area (Å²) in [6, 6.07) is 0. The monoisotopic (exact) mass is 338 g/mol. The number of hydrogen-bond donors (Lipinski definition) is 0. The molecule has 130 valence electrons. The third-order valence-corrected chi connectivity index (χ3v) is 5.18. The Hall–Kier alpha value is -2.41. The fraction of sp³-hybridized carbons (Fsp3) is 0.500. The fourth-order valence-corrected chi connectivity index (χ4v) is 3.72. The SMILES string of the molecule is Cn1cc(CN2CCc3c(c(-c4cocn4)nn3CC3CC3)C2)cn1. The number of aryl methyl sites for hydroxylation is 1. The van der Waals surface area contributed by atoms with E-state index in [-0.39, 0.29) is 0 Å². The van der Waals surface area contributed by atoms with E-state index in [1.54, 1.807) is 6.26 Å². The first kappa shape index (κ1) is 14.9. The molecule has 0 N–H and O–H groups in total. The van der Waals surface area contributed by atoms with Crippen molar-refractivity contribution in [3.05, 3.63) is 41.9 Å². The molecule has 3 aromatic heterocycles. The van der Waals surface area contributed by atoms with Crippen LogP contribution in [0.2, 0.25) is 0 Å². The van der Waals surface area contributed by atoms with E-state index < -0.39 is 0 Å². The Labute approximate surface area is 146 Å². The molecule has 0 amide bonds. The highest BCUT2D eigenvalue weighted by molar-refractivity contribution is 5.59. The second-order valence-corrected chi connectivity index (χ2v) is 7.26. The maximum atomic E-state index is 5.20. The average Bonchev–Trinajstić information content (AvgIpc) is 2.99. The van der Waals surface area contributed by atoms with Crippen LogP contribution in [0.5, 0.6) is 0 Å². The zero-order chi connectivity index (χ0) is 16.8. The molecule has 0 unspecified atom stereocenters. The Morgan fingerprint density at radius 3 is 2.96 bits per heavy atom. The van der Waals surface area contributed by atoms with Gasteiger partial charge in [0.25, 0.3) is 0 Å². The van der Waals surface area contributed by atoms with Crippen molar-refractivity contribution in [3.8, 4) is 11.4 Å². The van der Waals surface area contributed by atoms with Crippen molar-refractivity contribution in [1.29, 1.82) is 0 Å². The third-order valence-electron chi connectivity index (χ3n) is 5.18. The summed E-state index contributed by atoms with van der Waals surface area (Å²) in [6.07, 6.45) is 10.9.